The molecule has 1 amide bonds. The molecule has 1 aromatic carbocycles. The van der Waals surface area contributed by atoms with Crippen LogP contribution in [0.1, 0.15) is 26.1 Å². The maximum Gasteiger partial charge on any atom is 0.273 e. The van der Waals surface area contributed by atoms with Crippen molar-refractivity contribution in [2.24, 2.45) is 0 Å². The molecule has 0 fully saturated rings. The van der Waals surface area contributed by atoms with Gasteiger partial charge in [0.1, 0.15) is 6.61 Å². The van der Waals surface area contributed by atoms with E-state index in [0.717, 1.165) is 16.5 Å². The molecule has 1 N–H and O–H groups in total. The predicted molar refractivity (Wildman–Crippen MR) is 104 cm³/mol. The van der Waals surface area contributed by atoms with Crippen molar-refractivity contribution in [1.29, 1.82) is 0 Å². The van der Waals surface area contributed by atoms with Crippen molar-refractivity contribution in [1.82, 2.24) is 25.3 Å². The van der Waals surface area contributed by atoms with Gasteiger partial charge in [0.25, 0.3) is 5.91 Å². The highest BCUT2D eigenvalue weighted by atomic mass is 32.1. The minimum atomic E-state index is -0.248. The van der Waals surface area contributed by atoms with Crippen molar-refractivity contribution in [3.05, 3.63) is 51.7 Å². The lowest BCUT2D eigenvalue weighted by atomic mass is 10.2. The Kier molecular flexibility index (Phi) is 5.25. The Balaban J connectivity index is 1.28. The molecule has 9 heteroatoms. The van der Waals surface area contributed by atoms with Gasteiger partial charge in [-0.3, -0.25) is 4.79 Å². The summed E-state index contributed by atoms with van der Waals surface area (Å²) in [7, 11) is 0. The summed E-state index contributed by atoms with van der Waals surface area (Å²) < 4.78 is 13.2. The summed E-state index contributed by atoms with van der Waals surface area (Å²) in [4.78, 5) is 18.0. The van der Waals surface area contributed by atoms with E-state index in [0.29, 0.717) is 31.9 Å². The fourth-order valence-electron chi connectivity index (χ4n) is 2.87. The topological polar surface area (TPSA) is 91.2 Å². The van der Waals surface area contributed by atoms with Crippen molar-refractivity contribution < 1.29 is 14.3 Å². The lowest BCUT2D eigenvalue weighted by molar-refractivity contribution is 0.0754. The number of benzene rings is 1. The van der Waals surface area contributed by atoms with Crippen LogP contribution in [-0.4, -0.2) is 45.1 Å². The van der Waals surface area contributed by atoms with Crippen LogP contribution >= 0.6 is 11.3 Å². The molecular formula is C19H21N5O3S. The van der Waals surface area contributed by atoms with Gasteiger partial charge in [0.15, 0.2) is 23.3 Å². The lowest BCUT2D eigenvalue weighted by Gasteiger charge is -2.26. The van der Waals surface area contributed by atoms with Gasteiger partial charge in [-0.05, 0) is 26.0 Å². The largest absolute Gasteiger partial charge is 0.486 e. The van der Waals surface area contributed by atoms with E-state index in [1.165, 1.54) is 4.88 Å². The fourth-order valence-corrected chi connectivity index (χ4v) is 3.81. The number of hydrogen-bond acceptors (Lipinski definition) is 7. The minimum absolute atomic E-state index is 0.191. The highest BCUT2D eigenvalue weighted by Gasteiger charge is 2.22. The molecule has 0 radical (unpaired) electrons. The third kappa shape index (κ3) is 4.14. The second-order valence-electron chi connectivity index (χ2n) is 6.58. The van der Waals surface area contributed by atoms with Crippen LogP contribution in [0.3, 0.4) is 0 Å². The molecule has 1 aliphatic rings. The number of amides is 1. The van der Waals surface area contributed by atoms with Gasteiger partial charge in [0, 0.05) is 17.8 Å². The quantitative estimate of drug-likeness (QED) is 0.683. The Morgan fingerprint density at radius 3 is 2.93 bits per heavy atom. The summed E-state index contributed by atoms with van der Waals surface area (Å²) in [6.45, 7) is 5.42. The van der Waals surface area contributed by atoms with Crippen LogP contribution in [0, 0.1) is 13.8 Å². The van der Waals surface area contributed by atoms with Gasteiger partial charge in [-0.1, -0.05) is 17.3 Å². The highest BCUT2D eigenvalue weighted by Crippen LogP contribution is 2.31. The van der Waals surface area contributed by atoms with Crippen LogP contribution in [0.5, 0.6) is 11.5 Å². The zero-order valence-corrected chi connectivity index (χ0v) is 16.5. The van der Waals surface area contributed by atoms with E-state index in [2.05, 4.69) is 20.6 Å². The van der Waals surface area contributed by atoms with Gasteiger partial charge in [-0.15, -0.1) is 16.4 Å². The highest BCUT2D eigenvalue weighted by molar-refractivity contribution is 7.11. The predicted octanol–water partition coefficient (Wildman–Crippen LogP) is 2.16. The molecule has 0 bridgehead atoms. The normalized spacial score (nSPS) is 15.4. The summed E-state index contributed by atoms with van der Waals surface area (Å²) in [6.07, 6.45) is 2.13. The number of thiazole rings is 1. The van der Waals surface area contributed by atoms with Gasteiger partial charge in [-0.25, -0.2) is 9.67 Å². The van der Waals surface area contributed by atoms with E-state index in [1.54, 1.807) is 22.2 Å². The van der Waals surface area contributed by atoms with E-state index in [1.807, 2.05) is 38.1 Å². The van der Waals surface area contributed by atoms with Gasteiger partial charge < -0.3 is 14.8 Å². The van der Waals surface area contributed by atoms with Crippen molar-refractivity contribution in [3.63, 3.8) is 0 Å². The molecule has 4 rings (SSSR count). The third-order valence-electron chi connectivity index (χ3n) is 4.43. The summed E-state index contributed by atoms with van der Waals surface area (Å²) in [5.74, 6) is 1.20. The molecule has 0 unspecified atom stereocenters. The van der Waals surface area contributed by atoms with E-state index < -0.39 is 0 Å². The Morgan fingerprint density at radius 1 is 1.32 bits per heavy atom. The van der Waals surface area contributed by atoms with Crippen LogP contribution in [-0.2, 0) is 13.0 Å². The number of ether oxygens (including phenoxy) is 2. The summed E-state index contributed by atoms with van der Waals surface area (Å²) in [6, 6.07) is 7.55. The Bertz CT molecular complexity index is 964. The lowest BCUT2D eigenvalue weighted by Crippen LogP contribution is -2.33. The molecular weight excluding hydrogens is 378 g/mol. The molecule has 28 heavy (non-hydrogen) atoms. The number of aromatic nitrogens is 4. The number of carbonyl (C=O) groups is 1. The van der Waals surface area contributed by atoms with Crippen molar-refractivity contribution in [2.75, 3.05) is 13.2 Å². The average molecular weight is 399 g/mol. The summed E-state index contributed by atoms with van der Waals surface area (Å²) in [5, 5.41) is 11.9. The van der Waals surface area contributed by atoms with Gasteiger partial charge in [-0.2, -0.15) is 0 Å². The zero-order valence-electron chi connectivity index (χ0n) is 15.7. The fraction of sp³-hybridized carbons (Fsp3) is 0.368. The van der Waals surface area contributed by atoms with Gasteiger partial charge >= 0.3 is 0 Å². The van der Waals surface area contributed by atoms with Crippen molar-refractivity contribution in [3.8, 4) is 11.5 Å². The van der Waals surface area contributed by atoms with Gasteiger partial charge in [0.2, 0.25) is 0 Å². The average Bonchev–Trinajstić information content (AvgIpc) is 3.28. The molecule has 3 heterocycles. The van der Waals surface area contributed by atoms with E-state index in [4.69, 9.17) is 9.47 Å². The standard InChI is InChI=1S/C19H21N5O3S/c1-12-13(2)28-18(21-12)7-8-20-19(25)15-10-24(23-22-15)9-14-11-26-16-5-3-4-6-17(16)27-14/h3-6,10,14H,7-9,11H2,1-2H3,(H,20,25)/t14-/m1/s1. The van der Waals surface area contributed by atoms with Crippen LogP contribution in [0.4, 0.5) is 0 Å². The number of hydrogen-bond donors (Lipinski definition) is 1. The van der Waals surface area contributed by atoms with E-state index in [9.17, 15) is 4.79 Å². The first-order valence-corrected chi connectivity index (χ1v) is 9.90. The number of rotatable bonds is 6. The Morgan fingerprint density at radius 2 is 2.14 bits per heavy atom. The molecule has 0 spiro atoms. The molecule has 1 aliphatic heterocycles. The number of fused-ring (bicyclic) bond motifs is 1. The smallest absolute Gasteiger partial charge is 0.273 e. The summed E-state index contributed by atoms with van der Waals surface area (Å²) in [5.41, 5.74) is 1.33. The summed E-state index contributed by atoms with van der Waals surface area (Å²) >= 11 is 1.66. The SMILES string of the molecule is Cc1nc(CCNC(=O)c2cn(C[C@@H]3COc4ccccc4O3)nn2)sc1C. The Hall–Kier alpha value is -2.94. The second-order valence-corrected chi connectivity index (χ2v) is 7.87. The molecule has 3 aromatic rings. The van der Waals surface area contributed by atoms with Crippen LogP contribution in [0.15, 0.2) is 30.5 Å². The monoisotopic (exact) mass is 399 g/mol. The molecule has 0 saturated carbocycles. The zero-order chi connectivity index (χ0) is 19.5. The first-order chi connectivity index (χ1) is 13.6. The molecule has 0 aliphatic carbocycles. The van der Waals surface area contributed by atoms with Gasteiger partial charge in [0.05, 0.1) is 23.4 Å². The molecule has 0 saturated heterocycles. The minimum Gasteiger partial charge on any atom is -0.486 e. The number of carbonyl (C=O) groups excluding carboxylic acids is 1. The molecule has 1 atom stereocenters. The first-order valence-electron chi connectivity index (χ1n) is 9.08. The first kappa shape index (κ1) is 18.4. The Labute approximate surface area is 166 Å². The molecule has 146 valence electrons. The number of para-hydroxylation sites is 2. The number of nitrogens with one attached hydrogen (secondary N) is 1. The third-order valence-corrected chi connectivity index (χ3v) is 5.56. The van der Waals surface area contributed by atoms with E-state index in [-0.39, 0.29) is 17.7 Å². The van der Waals surface area contributed by atoms with Crippen LogP contribution in [0.2, 0.25) is 0 Å². The maximum absolute atomic E-state index is 12.3. The van der Waals surface area contributed by atoms with Crippen LogP contribution in [0.25, 0.3) is 0 Å². The molecule has 2 aromatic heterocycles. The van der Waals surface area contributed by atoms with Crippen LogP contribution < -0.4 is 14.8 Å². The molecule has 8 nitrogen and oxygen atoms in total. The van der Waals surface area contributed by atoms with Crippen molar-refractivity contribution in [2.45, 2.75) is 32.9 Å². The van der Waals surface area contributed by atoms with Crippen molar-refractivity contribution >= 4 is 17.2 Å². The van der Waals surface area contributed by atoms with E-state index >= 15 is 0 Å². The number of aryl methyl sites for hydroxylation is 2. The number of nitrogens with zero attached hydrogens (tertiary/aromatic N) is 4. The second kappa shape index (κ2) is 7.97. The maximum atomic E-state index is 12.3.